The molecule has 0 nitrogen and oxygen atoms in total. The number of hydrogen-bond donors (Lipinski definition) is 0. The maximum absolute atomic E-state index is 15.2. The summed E-state index contributed by atoms with van der Waals surface area (Å²) in [7, 11) is 0. The standard InChI is InChI=1S/C27H22ClF3/c1-2-3-4-5-17-6-8-18(9-7-17)19-10-12-22-20(14-19)11-13-23(27(22)31)21-15-24(29)26(28)25(30)16-21/h6-16H,2-5H2,1H3. The first-order valence-corrected chi connectivity index (χ1v) is 10.8. The van der Waals surface area contributed by atoms with E-state index >= 15 is 4.39 Å². The van der Waals surface area contributed by atoms with Gasteiger partial charge in [-0.1, -0.05) is 79.9 Å². The summed E-state index contributed by atoms with van der Waals surface area (Å²) in [4.78, 5) is 0. The molecule has 0 aliphatic carbocycles. The number of aryl methyl sites for hydroxylation is 1. The lowest BCUT2D eigenvalue weighted by Crippen LogP contribution is -1.91. The van der Waals surface area contributed by atoms with Crippen LogP contribution >= 0.6 is 11.6 Å². The molecular weight excluding hydrogens is 417 g/mol. The number of hydrogen-bond acceptors (Lipinski definition) is 0. The quantitative estimate of drug-likeness (QED) is 0.208. The number of fused-ring (bicyclic) bond motifs is 1. The van der Waals surface area contributed by atoms with E-state index in [1.165, 1.54) is 24.8 Å². The van der Waals surface area contributed by atoms with E-state index in [4.69, 9.17) is 11.6 Å². The van der Waals surface area contributed by atoms with Crippen molar-refractivity contribution < 1.29 is 13.2 Å². The van der Waals surface area contributed by atoms with Gasteiger partial charge >= 0.3 is 0 Å². The molecule has 158 valence electrons. The fourth-order valence-electron chi connectivity index (χ4n) is 3.85. The van der Waals surface area contributed by atoms with E-state index in [0.29, 0.717) is 5.39 Å². The van der Waals surface area contributed by atoms with Crippen molar-refractivity contribution in [2.75, 3.05) is 0 Å². The highest BCUT2D eigenvalue weighted by Gasteiger charge is 2.15. The minimum absolute atomic E-state index is 0.113. The molecule has 0 radical (unpaired) electrons. The van der Waals surface area contributed by atoms with Gasteiger partial charge in [0.25, 0.3) is 0 Å². The van der Waals surface area contributed by atoms with E-state index in [1.54, 1.807) is 18.2 Å². The van der Waals surface area contributed by atoms with Crippen LogP contribution in [-0.4, -0.2) is 0 Å². The fraction of sp³-hybridized carbons (Fsp3) is 0.185. The summed E-state index contributed by atoms with van der Waals surface area (Å²) in [5.74, 6) is -2.34. The van der Waals surface area contributed by atoms with Crippen LogP contribution in [0.1, 0.15) is 31.7 Å². The van der Waals surface area contributed by atoms with Crippen LogP contribution in [0.5, 0.6) is 0 Å². The van der Waals surface area contributed by atoms with Crippen molar-refractivity contribution in [1.82, 2.24) is 0 Å². The molecule has 4 aromatic carbocycles. The Kier molecular flexibility index (Phi) is 6.33. The zero-order valence-electron chi connectivity index (χ0n) is 17.2. The van der Waals surface area contributed by atoms with Gasteiger partial charge in [-0.25, -0.2) is 13.2 Å². The van der Waals surface area contributed by atoms with E-state index in [2.05, 4.69) is 31.2 Å². The lowest BCUT2D eigenvalue weighted by atomic mass is 9.96. The van der Waals surface area contributed by atoms with Crippen LogP contribution in [0.4, 0.5) is 13.2 Å². The molecule has 0 aliphatic heterocycles. The molecule has 31 heavy (non-hydrogen) atoms. The van der Waals surface area contributed by atoms with E-state index in [1.807, 2.05) is 12.1 Å². The van der Waals surface area contributed by atoms with Gasteiger partial charge in [0.2, 0.25) is 0 Å². The van der Waals surface area contributed by atoms with Crippen molar-refractivity contribution >= 4 is 22.4 Å². The molecule has 0 heterocycles. The van der Waals surface area contributed by atoms with Crippen LogP contribution in [0.2, 0.25) is 5.02 Å². The molecule has 0 amide bonds. The molecule has 0 fully saturated rings. The van der Waals surface area contributed by atoms with Crippen LogP contribution in [0.3, 0.4) is 0 Å². The lowest BCUT2D eigenvalue weighted by molar-refractivity contribution is 0.584. The summed E-state index contributed by atoms with van der Waals surface area (Å²) in [6, 6.07) is 19.4. The van der Waals surface area contributed by atoms with Gasteiger partial charge in [0, 0.05) is 10.9 Å². The summed E-state index contributed by atoms with van der Waals surface area (Å²) in [5, 5.41) is 0.528. The second-order valence-corrected chi connectivity index (χ2v) is 8.15. The van der Waals surface area contributed by atoms with E-state index in [9.17, 15) is 8.78 Å². The van der Waals surface area contributed by atoms with Gasteiger partial charge in [-0.05, 0) is 58.7 Å². The highest BCUT2D eigenvalue weighted by atomic mass is 35.5. The third-order valence-electron chi connectivity index (χ3n) is 5.61. The topological polar surface area (TPSA) is 0 Å². The summed E-state index contributed by atoms with van der Waals surface area (Å²) < 4.78 is 42.8. The molecule has 0 bridgehead atoms. The predicted octanol–water partition coefficient (Wildman–Crippen LogP) is 8.98. The second kappa shape index (κ2) is 9.15. The molecule has 0 atom stereocenters. The molecule has 0 saturated carbocycles. The van der Waals surface area contributed by atoms with Gasteiger partial charge in [-0.3, -0.25) is 0 Å². The van der Waals surface area contributed by atoms with Crippen molar-refractivity contribution in [1.29, 1.82) is 0 Å². The van der Waals surface area contributed by atoms with Crippen molar-refractivity contribution in [3.63, 3.8) is 0 Å². The molecule has 0 unspecified atom stereocenters. The van der Waals surface area contributed by atoms with E-state index in [-0.39, 0.29) is 11.1 Å². The van der Waals surface area contributed by atoms with Crippen molar-refractivity contribution in [3.8, 4) is 22.3 Å². The van der Waals surface area contributed by atoms with Gasteiger partial charge in [-0.15, -0.1) is 0 Å². The molecule has 0 aromatic heterocycles. The Morgan fingerprint density at radius 1 is 0.710 bits per heavy atom. The highest BCUT2D eigenvalue weighted by molar-refractivity contribution is 6.31. The first kappa shape index (κ1) is 21.5. The minimum Gasteiger partial charge on any atom is -0.206 e. The predicted molar refractivity (Wildman–Crippen MR) is 123 cm³/mol. The Morgan fingerprint density at radius 2 is 1.39 bits per heavy atom. The molecule has 0 spiro atoms. The molecule has 4 rings (SSSR count). The fourth-order valence-corrected chi connectivity index (χ4v) is 3.96. The monoisotopic (exact) mass is 438 g/mol. The minimum atomic E-state index is -0.912. The highest BCUT2D eigenvalue weighted by Crippen LogP contribution is 2.34. The van der Waals surface area contributed by atoms with Crippen LogP contribution in [0.25, 0.3) is 33.0 Å². The van der Waals surface area contributed by atoms with Gasteiger partial charge in [0.05, 0.1) is 0 Å². The Balaban J connectivity index is 1.66. The van der Waals surface area contributed by atoms with Crippen molar-refractivity contribution in [2.24, 2.45) is 0 Å². The normalized spacial score (nSPS) is 11.3. The zero-order chi connectivity index (χ0) is 22.0. The summed E-state index contributed by atoms with van der Waals surface area (Å²) in [6.45, 7) is 2.20. The number of unbranched alkanes of at least 4 members (excludes halogenated alkanes) is 2. The van der Waals surface area contributed by atoms with Crippen molar-refractivity contribution in [3.05, 3.63) is 94.8 Å². The Bertz CT molecular complexity index is 1210. The zero-order valence-corrected chi connectivity index (χ0v) is 17.9. The first-order chi connectivity index (χ1) is 15.0. The number of halogens is 4. The van der Waals surface area contributed by atoms with Crippen molar-refractivity contribution in [2.45, 2.75) is 32.6 Å². The van der Waals surface area contributed by atoms with Crippen LogP contribution in [0, 0.1) is 17.5 Å². The average molecular weight is 439 g/mol. The molecule has 4 heteroatoms. The van der Waals surface area contributed by atoms with Gasteiger partial charge in [-0.2, -0.15) is 0 Å². The Morgan fingerprint density at radius 3 is 2.06 bits per heavy atom. The number of rotatable bonds is 6. The summed E-state index contributed by atoms with van der Waals surface area (Å²) in [5.41, 5.74) is 3.61. The van der Waals surface area contributed by atoms with Crippen LogP contribution in [-0.2, 0) is 6.42 Å². The molecule has 4 aromatic rings. The second-order valence-electron chi connectivity index (χ2n) is 7.77. The van der Waals surface area contributed by atoms with Gasteiger partial charge in [0.1, 0.15) is 22.5 Å². The maximum Gasteiger partial charge on any atom is 0.145 e. The largest absolute Gasteiger partial charge is 0.206 e. The van der Waals surface area contributed by atoms with Crippen LogP contribution < -0.4 is 0 Å². The first-order valence-electron chi connectivity index (χ1n) is 10.4. The average Bonchev–Trinajstić information content (AvgIpc) is 2.78. The molecular formula is C27H22ClF3. The van der Waals surface area contributed by atoms with Crippen LogP contribution in [0.15, 0.2) is 66.7 Å². The molecule has 0 N–H and O–H groups in total. The smallest absolute Gasteiger partial charge is 0.145 e. The third kappa shape index (κ3) is 4.47. The summed E-state index contributed by atoms with van der Waals surface area (Å²) >= 11 is 5.55. The SMILES string of the molecule is CCCCCc1ccc(-c2ccc3c(F)c(-c4cc(F)c(Cl)c(F)c4)ccc3c2)cc1. The lowest BCUT2D eigenvalue weighted by Gasteiger charge is -2.10. The number of benzene rings is 4. The Labute approximate surface area is 185 Å². The van der Waals surface area contributed by atoms with E-state index in [0.717, 1.165) is 35.1 Å². The summed E-state index contributed by atoms with van der Waals surface area (Å²) in [6.07, 6.45) is 4.70. The Hall–Kier alpha value is -2.78. The molecule has 0 aliphatic rings. The van der Waals surface area contributed by atoms with Gasteiger partial charge in [0.15, 0.2) is 0 Å². The third-order valence-corrected chi connectivity index (χ3v) is 5.97. The maximum atomic E-state index is 15.2. The van der Waals surface area contributed by atoms with E-state index < -0.39 is 22.5 Å². The van der Waals surface area contributed by atoms with Gasteiger partial charge < -0.3 is 0 Å². The molecule has 0 saturated heterocycles.